The van der Waals surface area contributed by atoms with Crippen LogP contribution < -0.4 is 10.6 Å². The van der Waals surface area contributed by atoms with Crippen molar-refractivity contribution in [2.45, 2.75) is 12.0 Å². The van der Waals surface area contributed by atoms with Gasteiger partial charge in [0.05, 0.1) is 24.8 Å². The Morgan fingerprint density at radius 3 is 2.71 bits per heavy atom. The number of carbonyl (C=O) groups is 1. The van der Waals surface area contributed by atoms with E-state index in [0.29, 0.717) is 17.8 Å². The SMILES string of the molecule is N#Cc1ccc(NC(=O)NC[C@@]2(N3CCOCC3)CCSC2)cc1. The van der Waals surface area contributed by atoms with Crippen molar-refractivity contribution in [1.82, 2.24) is 10.2 Å². The summed E-state index contributed by atoms with van der Waals surface area (Å²) in [5.74, 6) is 2.18. The number of nitrogens with zero attached hydrogens (tertiary/aromatic N) is 2. The van der Waals surface area contributed by atoms with Crippen molar-refractivity contribution in [2.75, 3.05) is 49.7 Å². The van der Waals surface area contributed by atoms with E-state index in [1.807, 2.05) is 11.8 Å². The lowest BCUT2D eigenvalue weighted by molar-refractivity contribution is -0.0123. The smallest absolute Gasteiger partial charge is 0.319 e. The number of benzene rings is 1. The maximum Gasteiger partial charge on any atom is 0.319 e. The van der Waals surface area contributed by atoms with Crippen LogP contribution in [0.2, 0.25) is 0 Å². The molecule has 1 aromatic rings. The van der Waals surface area contributed by atoms with Crippen LogP contribution in [0, 0.1) is 11.3 Å². The Morgan fingerprint density at radius 2 is 2.08 bits per heavy atom. The lowest BCUT2D eigenvalue weighted by atomic mass is 9.95. The summed E-state index contributed by atoms with van der Waals surface area (Å²) in [6.45, 7) is 4.04. The van der Waals surface area contributed by atoms with Crippen LogP contribution in [0.15, 0.2) is 24.3 Å². The third-order valence-electron chi connectivity index (χ3n) is 4.61. The van der Waals surface area contributed by atoms with E-state index in [2.05, 4.69) is 21.6 Å². The molecule has 0 saturated carbocycles. The number of thioether (sulfide) groups is 1. The predicted molar refractivity (Wildman–Crippen MR) is 95.2 cm³/mol. The van der Waals surface area contributed by atoms with Crippen LogP contribution in [0.1, 0.15) is 12.0 Å². The van der Waals surface area contributed by atoms with Crippen LogP contribution in [0.3, 0.4) is 0 Å². The van der Waals surface area contributed by atoms with E-state index in [-0.39, 0.29) is 11.6 Å². The molecular formula is C17H22N4O2S. The maximum absolute atomic E-state index is 12.2. The third kappa shape index (κ3) is 4.01. The Balaban J connectivity index is 1.56. The van der Waals surface area contributed by atoms with E-state index < -0.39 is 0 Å². The minimum absolute atomic E-state index is 0.0381. The van der Waals surface area contributed by atoms with Crippen molar-refractivity contribution in [3.8, 4) is 6.07 Å². The Labute approximate surface area is 146 Å². The average molecular weight is 346 g/mol. The molecule has 3 rings (SSSR count). The fourth-order valence-corrected chi connectivity index (χ4v) is 4.66. The lowest BCUT2D eigenvalue weighted by Crippen LogP contribution is -2.59. The molecule has 2 fully saturated rings. The molecule has 2 aliphatic rings. The Bertz CT molecular complexity index is 602. The van der Waals surface area contributed by atoms with Crippen LogP contribution in [-0.4, -0.2) is 60.8 Å². The second kappa shape index (κ2) is 7.88. The molecule has 6 nitrogen and oxygen atoms in total. The van der Waals surface area contributed by atoms with Crippen molar-refractivity contribution in [1.29, 1.82) is 5.26 Å². The second-order valence-corrected chi connectivity index (χ2v) is 7.23. The summed E-state index contributed by atoms with van der Waals surface area (Å²) < 4.78 is 5.46. The fourth-order valence-electron chi connectivity index (χ4n) is 3.18. The van der Waals surface area contributed by atoms with Gasteiger partial charge in [-0.15, -0.1) is 0 Å². The maximum atomic E-state index is 12.2. The van der Waals surface area contributed by atoms with E-state index in [4.69, 9.17) is 10.00 Å². The van der Waals surface area contributed by atoms with Gasteiger partial charge in [-0.3, -0.25) is 4.90 Å². The monoisotopic (exact) mass is 346 g/mol. The summed E-state index contributed by atoms with van der Waals surface area (Å²) >= 11 is 1.95. The molecule has 1 aromatic carbocycles. The van der Waals surface area contributed by atoms with Crippen molar-refractivity contribution >= 4 is 23.5 Å². The summed E-state index contributed by atoms with van der Waals surface area (Å²) in [6.07, 6.45) is 1.09. The van der Waals surface area contributed by atoms with Crippen molar-refractivity contribution < 1.29 is 9.53 Å². The fraction of sp³-hybridized carbons (Fsp3) is 0.529. The molecule has 24 heavy (non-hydrogen) atoms. The van der Waals surface area contributed by atoms with Crippen LogP contribution in [0.4, 0.5) is 10.5 Å². The van der Waals surface area contributed by atoms with Gasteiger partial charge >= 0.3 is 6.03 Å². The van der Waals surface area contributed by atoms with Gasteiger partial charge in [0.25, 0.3) is 0 Å². The number of carbonyl (C=O) groups excluding carboxylic acids is 1. The summed E-state index contributed by atoms with van der Waals surface area (Å²) in [6, 6.07) is 8.72. The largest absolute Gasteiger partial charge is 0.379 e. The third-order valence-corrected chi connectivity index (χ3v) is 5.85. The quantitative estimate of drug-likeness (QED) is 0.870. The highest BCUT2D eigenvalue weighted by Crippen LogP contribution is 2.33. The Kier molecular flexibility index (Phi) is 5.61. The van der Waals surface area contributed by atoms with Gasteiger partial charge in [0.1, 0.15) is 0 Å². The van der Waals surface area contributed by atoms with Gasteiger partial charge in [-0.05, 0) is 36.4 Å². The van der Waals surface area contributed by atoms with Gasteiger partial charge in [-0.2, -0.15) is 17.0 Å². The van der Waals surface area contributed by atoms with Gasteiger partial charge in [-0.25, -0.2) is 4.79 Å². The second-order valence-electron chi connectivity index (χ2n) is 6.12. The molecule has 0 bridgehead atoms. The zero-order chi connectivity index (χ0) is 16.8. The summed E-state index contributed by atoms with van der Waals surface area (Å²) in [5.41, 5.74) is 1.30. The number of nitriles is 1. The summed E-state index contributed by atoms with van der Waals surface area (Å²) in [4.78, 5) is 14.7. The van der Waals surface area contributed by atoms with E-state index in [9.17, 15) is 4.79 Å². The molecule has 2 aliphatic heterocycles. The van der Waals surface area contributed by atoms with Gasteiger partial charge in [-0.1, -0.05) is 0 Å². The molecule has 2 N–H and O–H groups in total. The molecule has 0 unspecified atom stereocenters. The molecule has 1 atom stereocenters. The van der Waals surface area contributed by atoms with Gasteiger partial charge in [0.2, 0.25) is 0 Å². The van der Waals surface area contributed by atoms with Crippen molar-refractivity contribution in [3.05, 3.63) is 29.8 Å². The highest BCUT2D eigenvalue weighted by atomic mass is 32.2. The molecule has 128 valence electrons. The van der Waals surface area contributed by atoms with E-state index in [0.717, 1.165) is 44.2 Å². The number of hydrogen-bond acceptors (Lipinski definition) is 5. The Morgan fingerprint density at radius 1 is 1.33 bits per heavy atom. The number of hydrogen-bond donors (Lipinski definition) is 2. The first-order valence-corrected chi connectivity index (χ1v) is 9.33. The number of amides is 2. The average Bonchev–Trinajstić information content (AvgIpc) is 3.12. The number of morpholine rings is 1. The number of nitrogens with one attached hydrogen (secondary N) is 2. The van der Waals surface area contributed by atoms with Crippen LogP contribution in [0.5, 0.6) is 0 Å². The molecule has 0 aliphatic carbocycles. The predicted octanol–water partition coefficient (Wildman–Crippen LogP) is 1.89. The standard InChI is InChI=1S/C17H22N4O2S/c18-11-14-1-3-15(4-2-14)20-16(22)19-12-17(5-10-24-13-17)21-6-8-23-9-7-21/h1-4H,5-10,12-13H2,(H2,19,20,22)/t17-/m0/s1. The number of anilines is 1. The van der Waals surface area contributed by atoms with E-state index >= 15 is 0 Å². The molecule has 7 heteroatoms. The topological polar surface area (TPSA) is 77.4 Å². The molecule has 0 spiro atoms. The summed E-state index contributed by atoms with van der Waals surface area (Å²) in [7, 11) is 0. The molecule has 2 saturated heterocycles. The van der Waals surface area contributed by atoms with Crippen LogP contribution >= 0.6 is 11.8 Å². The zero-order valence-electron chi connectivity index (χ0n) is 13.6. The first kappa shape index (κ1) is 17.1. The molecule has 0 aromatic heterocycles. The molecule has 2 heterocycles. The molecule has 2 amide bonds. The molecule has 0 radical (unpaired) electrons. The van der Waals surface area contributed by atoms with Crippen molar-refractivity contribution in [2.24, 2.45) is 0 Å². The number of rotatable bonds is 4. The first-order valence-electron chi connectivity index (χ1n) is 8.17. The van der Waals surface area contributed by atoms with Gasteiger partial charge in [0, 0.05) is 36.6 Å². The van der Waals surface area contributed by atoms with Gasteiger partial charge in [0.15, 0.2) is 0 Å². The normalized spacial score (nSPS) is 24.3. The minimum atomic E-state index is -0.204. The first-order chi connectivity index (χ1) is 11.7. The molecular weight excluding hydrogens is 324 g/mol. The minimum Gasteiger partial charge on any atom is -0.379 e. The van der Waals surface area contributed by atoms with Crippen LogP contribution in [0.25, 0.3) is 0 Å². The zero-order valence-corrected chi connectivity index (χ0v) is 14.4. The summed E-state index contributed by atoms with van der Waals surface area (Å²) in [5, 5.41) is 14.7. The number of ether oxygens (including phenoxy) is 1. The van der Waals surface area contributed by atoms with Crippen LogP contribution in [-0.2, 0) is 4.74 Å². The Hall–Kier alpha value is -1.75. The van der Waals surface area contributed by atoms with E-state index in [1.54, 1.807) is 24.3 Å². The lowest BCUT2D eigenvalue weighted by Gasteiger charge is -2.43. The highest BCUT2D eigenvalue weighted by molar-refractivity contribution is 7.99. The highest BCUT2D eigenvalue weighted by Gasteiger charge is 2.40. The van der Waals surface area contributed by atoms with Crippen molar-refractivity contribution in [3.63, 3.8) is 0 Å². The van der Waals surface area contributed by atoms with E-state index in [1.165, 1.54) is 0 Å². The number of urea groups is 1. The van der Waals surface area contributed by atoms with Gasteiger partial charge < -0.3 is 15.4 Å².